The van der Waals surface area contributed by atoms with E-state index in [-0.39, 0.29) is 18.4 Å². The first-order chi connectivity index (χ1) is 13.6. The number of nitrogens with zero attached hydrogens (tertiary/aromatic N) is 1. The third kappa shape index (κ3) is 5.87. The van der Waals surface area contributed by atoms with Crippen LogP contribution in [0.15, 0.2) is 47.6 Å². The molecule has 3 N–H and O–H groups in total. The molecule has 1 aromatic rings. The third-order valence-corrected chi connectivity index (χ3v) is 5.46. The van der Waals surface area contributed by atoms with Gasteiger partial charge in [-0.05, 0) is 62.4 Å². The van der Waals surface area contributed by atoms with Gasteiger partial charge in [-0.3, -0.25) is 10.2 Å². The minimum atomic E-state index is -0.738. The van der Waals surface area contributed by atoms with Crippen LogP contribution in [0.3, 0.4) is 0 Å². The van der Waals surface area contributed by atoms with E-state index >= 15 is 0 Å². The Hall–Kier alpha value is -2.25. The smallest absolute Gasteiger partial charge is 0.303 e. The number of ether oxygens (including phenoxy) is 1. The van der Waals surface area contributed by atoms with Gasteiger partial charge in [0.25, 0.3) is 0 Å². The van der Waals surface area contributed by atoms with Crippen LogP contribution < -0.4 is 10.7 Å². The lowest BCUT2D eigenvalue weighted by Crippen LogP contribution is -2.30. The minimum Gasteiger partial charge on any atom is -0.481 e. The lowest BCUT2D eigenvalue weighted by molar-refractivity contribution is -0.137. The fourth-order valence-electron chi connectivity index (χ4n) is 3.93. The molecule has 0 amide bonds. The molecule has 2 bridgehead atoms. The second kappa shape index (κ2) is 10.3. The molecule has 0 spiro atoms. The normalized spacial score (nSPS) is 26.1. The van der Waals surface area contributed by atoms with Crippen LogP contribution in [-0.2, 0) is 9.53 Å². The predicted octanol–water partition coefficient (Wildman–Crippen LogP) is 3.95. The molecule has 150 valence electrons. The highest BCUT2D eigenvalue weighted by Gasteiger charge is 2.47. The zero-order chi connectivity index (χ0) is 19.8. The van der Waals surface area contributed by atoms with Crippen molar-refractivity contribution in [3.05, 3.63) is 42.5 Å². The Morgan fingerprint density at radius 1 is 1.25 bits per heavy atom. The quantitative estimate of drug-likeness (QED) is 0.191. The summed E-state index contributed by atoms with van der Waals surface area (Å²) in [6.45, 7) is 0. The van der Waals surface area contributed by atoms with Gasteiger partial charge in [0.05, 0.1) is 12.2 Å². The molecular formula is C21H27N3O3S. The van der Waals surface area contributed by atoms with Crippen LogP contribution in [0.2, 0.25) is 0 Å². The largest absolute Gasteiger partial charge is 0.481 e. The highest BCUT2D eigenvalue weighted by molar-refractivity contribution is 7.80. The van der Waals surface area contributed by atoms with Gasteiger partial charge in [-0.15, -0.1) is 0 Å². The number of carboxylic acid groups (broad SMARTS) is 1. The summed E-state index contributed by atoms with van der Waals surface area (Å²) in [5, 5.41) is 16.6. The number of nitrogens with one attached hydrogen (secondary N) is 2. The van der Waals surface area contributed by atoms with Gasteiger partial charge < -0.3 is 15.2 Å². The Balaban J connectivity index is 1.46. The first-order valence-electron chi connectivity index (χ1n) is 9.81. The maximum Gasteiger partial charge on any atom is 0.303 e. The molecule has 0 aromatic heterocycles. The van der Waals surface area contributed by atoms with Crippen LogP contribution in [0.4, 0.5) is 5.69 Å². The van der Waals surface area contributed by atoms with Gasteiger partial charge in [-0.1, -0.05) is 30.4 Å². The monoisotopic (exact) mass is 401 g/mol. The zero-order valence-electron chi connectivity index (χ0n) is 15.8. The summed E-state index contributed by atoms with van der Waals surface area (Å²) in [6, 6.07) is 9.73. The van der Waals surface area contributed by atoms with Crippen molar-refractivity contribution in [3.63, 3.8) is 0 Å². The molecule has 2 aliphatic heterocycles. The number of thiocarbonyl (C=S) groups is 1. The Morgan fingerprint density at radius 3 is 2.82 bits per heavy atom. The van der Waals surface area contributed by atoms with Crippen molar-refractivity contribution in [1.82, 2.24) is 5.43 Å². The zero-order valence-corrected chi connectivity index (χ0v) is 16.6. The van der Waals surface area contributed by atoms with E-state index in [1.54, 1.807) is 0 Å². The molecule has 4 unspecified atom stereocenters. The predicted molar refractivity (Wildman–Crippen MR) is 114 cm³/mol. The van der Waals surface area contributed by atoms with E-state index in [4.69, 9.17) is 22.1 Å². The number of para-hydroxylation sites is 1. The van der Waals surface area contributed by atoms with E-state index in [9.17, 15) is 4.79 Å². The summed E-state index contributed by atoms with van der Waals surface area (Å²) in [6.07, 6.45) is 11.5. The molecule has 2 saturated heterocycles. The first-order valence-corrected chi connectivity index (χ1v) is 10.2. The third-order valence-electron chi connectivity index (χ3n) is 5.27. The van der Waals surface area contributed by atoms with Crippen LogP contribution >= 0.6 is 12.2 Å². The topological polar surface area (TPSA) is 83.0 Å². The fraction of sp³-hybridized carbons (Fsp3) is 0.476. The summed E-state index contributed by atoms with van der Waals surface area (Å²) in [5.74, 6) is -0.0523. The standard InChI is InChI=1S/C21H27N3O3S/c25-20(26)11-7-2-1-6-10-16-17(19-13-12-18(16)27-19)14-22-24-21(28)23-15-8-4-3-5-9-15/h1,3-6,8-9,14,16-19H,2,7,10-13H2,(H,25,26)(H2,23,24,28)/b6-1-,22-14?. The number of allylic oxidation sites excluding steroid dienone is 2. The van der Waals surface area contributed by atoms with Crippen molar-refractivity contribution in [3.8, 4) is 0 Å². The molecule has 1 aromatic carbocycles. The summed E-state index contributed by atoms with van der Waals surface area (Å²) >= 11 is 5.28. The van der Waals surface area contributed by atoms with Gasteiger partial charge in [0.2, 0.25) is 0 Å². The molecule has 0 radical (unpaired) electrons. The van der Waals surface area contributed by atoms with Crippen molar-refractivity contribution < 1.29 is 14.6 Å². The number of hydrazone groups is 1. The molecule has 28 heavy (non-hydrogen) atoms. The van der Waals surface area contributed by atoms with E-state index in [0.29, 0.717) is 23.6 Å². The Kier molecular flexibility index (Phi) is 7.56. The van der Waals surface area contributed by atoms with Crippen molar-refractivity contribution >= 4 is 35.2 Å². The van der Waals surface area contributed by atoms with E-state index in [0.717, 1.165) is 31.4 Å². The number of hydrogen-bond donors (Lipinski definition) is 3. The highest BCUT2D eigenvalue weighted by Crippen LogP contribution is 2.44. The molecule has 6 nitrogen and oxygen atoms in total. The number of fused-ring (bicyclic) bond motifs is 2. The summed E-state index contributed by atoms with van der Waals surface area (Å²) in [4.78, 5) is 10.5. The van der Waals surface area contributed by atoms with Gasteiger partial charge in [-0.2, -0.15) is 5.10 Å². The first kappa shape index (κ1) is 20.5. The average molecular weight is 402 g/mol. The second-order valence-corrected chi connectivity index (χ2v) is 7.64. The Bertz CT molecular complexity index is 723. The minimum absolute atomic E-state index is 0.222. The van der Waals surface area contributed by atoms with Gasteiger partial charge in [0.1, 0.15) is 0 Å². The molecule has 3 rings (SSSR count). The maximum absolute atomic E-state index is 10.5. The maximum atomic E-state index is 10.5. The lowest BCUT2D eigenvalue weighted by Gasteiger charge is -2.23. The summed E-state index contributed by atoms with van der Waals surface area (Å²) < 4.78 is 6.08. The van der Waals surface area contributed by atoms with Crippen LogP contribution in [0, 0.1) is 11.8 Å². The molecule has 2 heterocycles. The molecule has 7 heteroatoms. The summed E-state index contributed by atoms with van der Waals surface area (Å²) in [5.41, 5.74) is 3.81. The van der Waals surface area contributed by atoms with Crippen molar-refractivity contribution in [2.24, 2.45) is 16.9 Å². The number of benzene rings is 1. The molecule has 4 atom stereocenters. The van der Waals surface area contributed by atoms with Crippen LogP contribution in [0.5, 0.6) is 0 Å². The molecule has 0 saturated carbocycles. The number of anilines is 1. The lowest BCUT2D eigenvalue weighted by atomic mass is 9.78. The number of unbranched alkanes of at least 4 members (excludes halogenated alkanes) is 1. The Morgan fingerprint density at radius 2 is 2.04 bits per heavy atom. The molecule has 2 fully saturated rings. The number of carboxylic acids is 1. The van der Waals surface area contributed by atoms with Crippen molar-refractivity contribution in [2.45, 2.75) is 50.7 Å². The fourth-order valence-corrected chi connectivity index (χ4v) is 4.10. The second-order valence-electron chi connectivity index (χ2n) is 7.23. The Labute approximate surface area is 171 Å². The van der Waals surface area contributed by atoms with Crippen LogP contribution in [-0.4, -0.2) is 34.6 Å². The summed E-state index contributed by atoms with van der Waals surface area (Å²) in [7, 11) is 0. The molecule has 0 aliphatic carbocycles. The van der Waals surface area contributed by atoms with E-state index in [1.807, 2.05) is 36.5 Å². The number of carbonyl (C=O) groups is 1. The highest BCUT2D eigenvalue weighted by atomic mass is 32.1. The molecular weight excluding hydrogens is 374 g/mol. The number of aliphatic carboxylic acids is 1. The van der Waals surface area contributed by atoms with E-state index in [2.05, 4.69) is 28.0 Å². The SMILES string of the molecule is O=C(O)CCC/C=C\CC1C2CCC(O2)C1C=NNC(=S)Nc1ccccc1. The van der Waals surface area contributed by atoms with Gasteiger partial charge >= 0.3 is 5.97 Å². The van der Waals surface area contributed by atoms with Gasteiger partial charge in [0, 0.05) is 24.2 Å². The van der Waals surface area contributed by atoms with Crippen molar-refractivity contribution in [2.75, 3.05) is 5.32 Å². The van der Waals surface area contributed by atoms with E-state index in [1.165, 1.54) is 0 Å². The van der Waals surface area contributed by atoms with Crippen LogP contribution in [0.1, 0.15) is 38.5 Å². The molecule has 2 aliphatic rings. The van der Waals surface area contributed by atoms with Crippen LogP contribution in [0.25, 0.3) is 0 Å². The van der Waals surface area contributed by atoms with Crippen molar-refractivity contribution in [1.29, 1.82) is 0 Å². The van der Waals surface area contributed by atoms with E-state index < -0.39 is 5.97 Å². The van der Waals surface area contributed by atoms with Gasteiger partial charge in [-0.25, -0.2) is 0 Å². The van der Waals surface area contributed by atoms with Gasteiger partial charge in [0.15, 0.2) is 5.11 Å². The number of rotatable bonds is 9. The average Bonchev–Trinajstić information content (AvgIpc) is 3.27. The number of hydrogen-bond acceptors (Lipinski definition) is 4.